The molecule has 5 rings (SSSR count). The first-order valence-corrected chi connectivity index (χ1v) is 11.1. The van der Waals surface area contributed by atoms with Gasteiger partial charge in [0, 0.05) is 23.5 Å². The molecule has 2 atom stereocenters. The molecule has 0 spiro atoms. The maximum atomic E-state index is 13.4. The summed E-state index contributed by atoms with van der Waals surface area (Å²) in [6.07, 6.45) is 8.73. The number of benzene rings is 1. The summed E-state index contributed by atoms with van der Waals surface area (Å²) in [6, 6.07) is 4.28. The van der Waals surface area contributed by atoms with Crippen molar-refractivity contribution in [2.75, 3.05) is 20.2 Å². The normalized spacial score (nSPS) is 27.9. The summed E-state index contributed by atoms with van der Waals surface area (Å²) in [5.41, 5.74) is 3.04. The number of ether oxygens (including phenoxy) is 2. The van der Waals surface area contributed by atoms with Gasteiger partial charge in [0.1, 0.15) is 5.60 Å². The number of carbonyl (C=O) groups excluding carboxylic acids is 1. The summed E-state index contributed by atoms with van der Waals surface area (Å²) in [7, 11) is 1.68. The van der Waals surface area contributed by atoms with Crippen LogP contribution < -0.4 is 14.8 Å². The largest absolute Gasteiger partial charge is 0.493 e. The standard InChI is InChI=1S/C24H31N3O3/c1-24(2)14-19-17(8-9-20(29-3)22(19)30-24)21-16-6-4-5-7-18(16)23(28)27(26-21)15-10-12-25-13-11-15/h4-5,8-9,15-16,18,25H,6-7,10-14H2,1-3H3/t16-,18+/m1/s1. The van der Waals surface area contributed by atoms with E-state index < -0.39 is 0 Å². The lowest BCUT2D eigenvalue weighted by Crippen LogP contribution is -2.51. The Bertz CT molecular complexity index is 915. The molecular formula is C24H31N3O3. The maximum Gasteiger partial charge on any atom is 0.247 e. The molecule has 160 valence electrons. The number of allylic oxidation sites excluding steroid dienone is 2. The monoisotopic (exact) mass is 409 g/mol. The van der Waals surface area contributed by atoms with Crippen LogP contribution in [0, 0.1) is 11.8 Å². The molecule has 0 bridgehead atoms. The number of nitrogens with one attached hydrogen (secondary N) is 1. The fraction of sp³-hybridized carbons (Fsp3) is 0.583. The van der Waals surface area contributed by atoms with E-state index in [2.05, 4.69) is 37.4 Å². The Kier molecular flexibility index (Phi) is 4.85. The second-order valence-electron chi connectivity index (χ2n) is 9.47. The molecule has 4 aliphatic rings. The van der Waals surface area contributed by atoms with Crippen molar-refractivity contribution in [3.05, 3.63) is 35.4 Å². The summed E-state index contributed by atoms with van der Waals surface area (Å²) in [6.45, 7) is 6.09. The molecule has 0 saturated carbocycles. The predicted octanol–water partition coefficient (Wildman–Crippen LogP) is 3.29. The average Bonchev–Trinajstić information content (AvgIpc) is 3.09. The van der Waals surface area contributed by atoms with Gasteiger partial charge >= 0.3 is 0 Å². The SMILES string of the molecule is COc1ccc(C2=NN(C3CCNCC3)C(=O)[C@H]3CC=CC[C@@H]23)c2c1OC(C)(C)C2. The number of carbonyl (C=O) groups is 1. The molecule has 1 aromatic carbocycles. The molecule has 30 heavy (non-hydrogen) atoms. The Labute approximate surface area is 178 Å². The number of nitrogens with zero attached hydrogens (tertiary/aromatic N) is 2. The van der Waals surface area contributed by atoms with E-state index in [-0.39, 0.29) is 29.4 Å². The van der Waals surface area contributed by atoms with E-state index in [9.17, 15) is 4.79 Å². The smallest absolute Gasteiger partial charge is 0.247 e. The fourth-order valence-corrected chi connectivity index (χ4v) is 5.40. The van der Waals surface area contributed by atoms with Crippen LogP contribution in [-0.4, -0.2) is 48.5 Å². The molecule has 1 aromatic rings. The molecule has 0 unspecified atom stereocenters. The second kappa shape index (κ2) is 7.41. The molecular weight excluding hydrogens is 378 g/mol. The van der Waals surface area contributed by atoms with Crippen LogP contribution in [0.2, 0.25) is 0 Å². The molecule has 1 fully saturated rings. The van der Waals surface area contributed by atoms with Crippen molar-refractivity contribution >= 4 is 11.6 Å². The third-order valence-electron chi connectivity index (χ3n) is 6.90. The highest BCUT2D eigenvalue weighted by atomic mass is 16.5. The van der Waals surface area contributed by atoms with E-state index in [0.717, 1.165) is 73.5 Å². The van der Waals surface area contributed by atoms with Gasteiger partial charge in [-0.05, 0) is 64.8 Å². The van der Waals surface area contributed by atoms with Gasteiger partial charge in [0.2, 0.25) is 5.91 Å². The van der Waals surface area contributed by atoms with Crippen LogP contribution in [0.3, 0.4) is 0 Å². The van der Waals surface area contributed by atoms with Crippen molar-refractivity contribution in [1.82, 2.24) is 10.3 Å². The van der Waals surface area contributed by atoms with Crippen molar-refractivity contribution in [3.63, 3.8) is 0 Å². The van der Waals surface area contributed by atoms with Crippen molar-refractivity contribution in [2.24, 2.45) is 16.9 Å². The van der Waals surface area contributed by atoms with E-state index in [0.29, 0.717) is 0 Å². The zero-order valence-corrected chi connectivity index (χ0v) is 18.1. The van der Waals surface area contributed by atoms with Gasteiger partial charge in [-0.3, -0.25) is 4.79 Å². The van der Waals surface area contributed by atoms with E-state index in [1.165, 1.54) is 0 Å². The van der Waals surface area contributed by atoms with Crippen molar-refractivity contribution < 1.29 is 14.3 Å². The molecule has 1 amide bonds. The van der Waals surface area contributed by atoms with Crippen LogP contribution in [0.4, 0.5) is 0 Å². The first kappa shape index (κ1) is 19.6. The number of rotatable bonds is 3. The minimum Gasteiger partial charge on any atom is -0.493 e. The predicted molar refractivity (Wildman–Crippen MR) is 116 cm³/mol. The van der Waals surface area contributed by atoms with Gasteiger partial charge in [0.25, 0.3) is 0 Å². The summed E-state index contributed by atoms with van der Waals surface area (Å²) in [5, 5.41) is 10.3. The topological polar surface area (TPSA) is 63.2 Å². The third kappa shape index (κ3) is 3.22. The zero-order valence-electron chi connectivity index (χ0n) is 18.1. The molecule has 1 saturated heterocycles. The minimum atomic E-state index is -0.280. The second-order valence-corrected chi connectivity index (χ2v) is 9.47. The van der Waals surface area contributed by atoms with Crippen LogP contribution in [0.25, 0.3) is 0 Å². The lowest BCUT2D eigenvalue weighted by atomic mass is 9.75. The fourth-order valence-electron chi connectivity index (χ4n) is 5.40. The average molecular weight is 410 g/mol. The quantitative estimate of drug-likeness (QED) is 0.778. The number of hydrazone groups is 1. The van der Waals surface area contributed by atoms with E-state index in [4.69, 9.17) is 14.6 Å². The molecule has 0 aromatic heterocycles. The lowest BCUT2D eigenvalue weighted by molar-refractivity contribution is -0.141. The van der Waals surface area contributed by atoms with Crippen LogP contribution in [0.1, 0.15) is 50.7 Å². The van der Waals surface area contributed by atoms with E-state index in [1.54, 1.807) is 7.11 Å². The van der Waals surface area contributed by atoms with E-state index >= 15 is 0 Å². The Morgan fingerprint density at radius 3 is 2.63 bits per heavy atom. The number of hydrogen-bond acceptors (Lipinski definition) is 5. The highest BCUT2D eigenvalue weighted by molar-refractivity contribution is 6.08. The highest BCUT2D eigenvalue weighted by Crippen LogP contribution is 2.46. The van der Waals surface area contributed by atoms with Gasteiger partial charge in [-0.1, -0.05) is 12.2 Å². The molecule has 1 aliphatic carbocycles. The van der Waals surface area contributed by atoms with Crippen LogP contribution in [0.5, 0.6) is 11.5 Å². The Morgan fingerprint density at radius 2 is 1.90 bits per heavy atom. The molecule has 3 aliphatic heterocycles. The van der Waals surface area contributed by atoms with Gasteiger partial charge in [-0.2, -0.15) is 5.10 Å². The van der Waals surface area contributed by atoms with Crippen LogP contribution >= 0.6 is 0 Å². The summed E-state index contributed by atoms with van der Waals surface area (Å²) >= 11 is 0. The summed E-state index contributed by atoms with van der Waals surface area (Å²) in [5.74, 6) is 1.90. The third-order valence-corrected chi connectivity index (χ3v) is 6.90. The van der Waals surface area contributed by atoms with Crippen molar-refractivity contribution in [2.45, 2.75) is 57.6 Å². The number of amides is 1. The van der Waals surface area contributed by atoms with Crippen LogP contribution in [0.15, 0.2) is 29.4 Å². The molecule has 1 N–H and O–H groups in total. The molecule has 6 nitrogen and oxygen atoms in total. The van der Waals surface area contributed by atoms with Gasteiger partial charge < -0.3 is 14.8 Å². The first-order chi connectivity index (χ1) is 14.5. The van der Waals surface area contributed by atoms with Crippen molar-refractivity contribution in [1.29, 1.82) is 0 Å². The number of piperidine rings is 1. The molecule has 6 heteroatoms. The van der Waals surface area contributed by atoms with Crippen molar-refractivity contribution in [3.8, 4) is 11.5 Å². The summed E-state index contributed by atoms with van der Waals surface area (Å²) < 4.78 is 11.9. The lowest BCUT2D eigenvalue weighted by Gasteiger charge is -2.41. The molecule has 0 radical (unpaired) electrons. The first-order valence-electron chi connectivity index (χ1n) is 11.1. The maximum absolute atomic E-state index is 13.4. The van der Waals surface area contributed by atoms with Crippen LogP contribution in [-0.2, 0) is 11.2 Å². The summed E-state index contributed by atoms with van der Waals surface area (Å²) in [4.78, 5) is 13.4. The Balaban J connectivity index is 1.62. The minimum absolute atomic E-state index is 0.0227. The van der Waals surface area contributed by atoms with Gasteiger partial charge in [0.05, 0.1) is 24.8 Å². The number of methoxy groups -OCH3 is 1. The number of hydrogen-bond donors (Lipinski definition) is 1. The van der Waals surface area contributed by atoms with Gasteiger partial charge in [-0.15, -0.1) is 0 Å². The van der Waals surface area contributed by atoms with Gasteiger partial charge in [0.15, 0.2) is 11.5 Å². The highest BCUT2D eigenvalue weighted by Gasteiger charge is 2.44. The Hall–Kier alpha value is -2.34. The van der Waals surface area contributed by atoms with E-state index in [1.807, 2.05) is 11.1 Å². The Morgan fingerprint density at radius 1 is 1.17 bits per heavy atom. The molecule has 3 heterocycles. The zero-order chi connectivity index (χ0) is 20.9. The van der Waals surface area contributed by atoms with Gasteiger partial charge in [-0.25, -0.2) is 5.01 Å². The number of fused-ring (bicyclic) bond motifs is 2.